The number of hydrogen-bond donors (Lipinski definition) is 3. The van der Waals surface area contributed by atoms with Gasteiger partial charge in [-0.05, 0) is 67.6 Å². The molecular weight excluding hydrogens is 468 g/mol. The number of aliphatic hydroxyl groups is 1. The van der Waals surface area contributed by atoms with Crippen molar-refractivity contribution in [2.45, 2.75) is 58.1 Å². The molecule has 0 fully saturated rings. The molecule has 3 N–H and O–H groups in total. The van der Waals surface area contributed by atoms with E-state index in [0.29, 0.717) is 31.3 Å². The lowest BCUT2D eigenvalue weighted by Crippen LogP contribution is -2.41. The van der Waals surface area contributed by atoms with Gasteiger partial charge in [0.1, 0.15) is 6.04 Å². The summed E-state index contributed by atoms with van der Waals surface area (Å²) < 4.78 is 6.68. The lowest BCUT2D eigenvalue weighted by Gasteiger charge is -2.25. The molecule has 0 radical (unpaired) electrons. The van der Waals surface area contributed by atoms with Gasteiger partial charge in [-0.15, -0.1) is 0 Å². The fraction of sp³-hybridized carbons (Fsp3) is 0.483. The van der Waals surface area contributed by atoms with Gasteiger partial charge in [0, 0.05) is 19.4 Å². The van der Waals surface area contributed by atoms with E-state index in [-0.39, 0.29) is 17.7 Å². The van der Waals surface area contributed by atoms with Gasteiger partial charge >= 0.3 is 5.76 Å². The van der Waals surface area contributed by atoms with Crippen molar-refractivity contribution < 1.29 is 14.3 Å². The molecule has 0 saturated heterocycles. The summed E-state index contributed by atoms with van der Waals surface area (Å²) in [6.45, 7) is 4.83. The number of aliphatic hydroxyl groups excluding tert-OH is 1. The summed E-state index contributed by atoms with van der Waals surface area (Å²) in [6, 6.07) is 15.0. The molecule has 0 saturated carbocycles. The number of fused-ring (bicyclic) bond motifs is 1. The summed E-state index contributed by atoms with van der Waals surface area (Å²) in [6.07, 6.45) is 2.59. The van der Waals surface area contributed by atoms with E-state index in [1.165, 1.54) is 4.57 Å². The topological polar surface area (TPSA) is 120 Å². The highest BCUT2D eigenvalue weighted by Gasteiger charge is 2.26. The number of hydrogen-bond acceptors (Lipinski definition) is 6. The van der Waals surface area contributed by atoms with Gasteiger partial charge in [0.05, 0.1) is 17.7 Å². The van der Waals surface area contributed by atoms with E-state index in [1.807, 2.05) is 50.4 Å². The maximum Gasteiger partial charge on any atom is 0.419 e. The normalized spacial score (nSPS) is 14.6. The minimum Gasteiger partial charge on any atom is -0.408 e. The zero-order chi connectivity index (χ0) is 26.9. The number of nitrogens with zero attached hydrogens (tertiary/aromatic N) is 2. The predicted octanol–water partition coefficient (Wildman–Crippen LogP) is 3.76. The first-order valence-corrected chi connectivity index (χ1v) is 13.0. The molecule has 2 aromatic carbocycles. The van der Waals surface area contributed by atoms with Crippen molar-refractivity contribution in [3.05, 3.63) is 58.6 Å². The van der Waals surface area contributed by atoms with Crippen LogP contribution < -0.4 is 16.4 Å². The first-order chi connectivity index (χ1) is 17.8. The SMILES string of the molecule is CCC(C)C(CCC(O)CCNC)C(=O)NC(C#N)Cc1ccc(-c2ccc3oc(=O)n(C)c3c2)cc1. The molecule has 0 aliphatic carbocycles. The van der Waals surface area contributed by atoms with Crippen LogP contribution in [-0.2, 0) is 18.3 Å². The Morgan fingerprint density at radius 1 is 1.14 bits per heavy atom. The third kappa shape index (κ3) is 7.31. The molecule has 3 rings (SSSR count). The van der Waals surface area contributed by atoms with Crippen LogP contribution in [0.25, 0.3) is 22.2 Å². The number of benzene rings is 2. The highest BCUT2D eigenvalue weighted by molar-refractivity contribution is 5.81. The Hall–Kier alpha value is -3.41. The summed E-state index contributed by atoms with van der Waals surface area (Å²) in [4.78, 5) is 24.9. The van der Waals surface area contributed by atoms with E-state index < -0.39 is 17.9 Å². The number of amides is 1. The molecule has 4 unspecified atom stereocenters. The van der Waals surface area contributed by atoms with E-state index in [2.05, 4.69) is 23.6 Å². The summed E-state index contributed by atoms with van der Waals surface area (Å²) >= 11 is 0. The van der Waals surface area contributed by atoms with Gasteiger partial charge in [-0.25, -0.2) is 4.79 Å². The van der Waals surface area contributed by atoms with Gasteiger partial charge in [0.2, 0.25) is 5.91 Å². The number of carbonyl (C=O) groups excluding carboxylic acids is 1. The molecule has 0 bridgehead atoms. The van der Waals surface area contributed by atoms with Crippen molar-refractivity contribution in [1.29, 1.82) is 5.26 Å². The molecule has 8 nitrogen and oxygen atoms in total. The highest BCUT2D eigenvalue weighted by atomic mass is 16.4. The lowest BCUT2D eigenvalue weighted by molar-refractivity contribution is -0.127. The summed E-state index contributed by atoms with van der Waals surface area (Å²) in [7, 11) is 3.53. The van der Waals surface area contributed by atoms with Crippen molar-refractivity contribution in [3.63, 3.8) is 0 Å². The smallest absolute Gasteiger partial charge is 0.408 e. The summed E-state index contributed by atoms with van der Waals surface area (Å²) in [5.74, 6) is -0.617. The van der Waals surface area contributed by atoms with E-state index >= 15 is 0 Å². The Kier molecular flexibility index (Phi) is 10.1. The Balaban J connectivity index is 1.64. The van der Waals surface area contributed by atoms with Gasteiger partial charge in [-0.1, -0.05) is 50.6 Å². The lowest BCUT2D eigenvalue weighted by atomic mass is 9.85. The molecule has 0 aliphatic heterocycles. The first kappa shape index (κ1) is 28.2. The quantitative estimate of drug-likeness (QED) is 0.325. The fourth-order valence-corrected chi connectivity index (χ4v) is 4.57. The van der Waals surface area contributed by atoms with Crippen LogP contribution in [0.4, 0.5) is 0 Å². The standard InChI is InChI=1S/C29H38N4O4/c1-5-19(2)25(12-11-24(34)14-15-31-3)28(35)32-23(18-30)16-20-6-8-21(9-7-20)22-10-13-27-26(17-22)33(4)29(36)37-27/h6-10,13,17,19,23-25,31,34H,5,11-12,14-16H2,1-4H3,(H,32,35). The minimum absolute atomic E-state index is 0.127. The Morgan fingerprint density at radius 3 is 2.49 bits per heavy atom. The Morgan fingerprint density at radius 2 is 1.84 bits per heavy atom. The summed E-state index contributed by atoms with van der Waals surface area (Å²) in [5.41, 5.74) is 4.14. The van der Waals surface area contributed by atoms with Crippen LogP contribution in [0.3, 0.4) is 0 Å². The van der Waals surface area contributed by atoms with Gasteiger partial charge in [-0.3, -0.25) is 9.36 Å². The number of nitriles is 1. The third-order valence-corrected chi connectivity index (χ3v) is 7.20. The van der Waals surface area contributed by atoms with Crippen LogP contribution in [-0.4, -0.2) is 41.3 Å². The van der Waals surface area contributed by atoms with Crippen LogP contribution in [0.2, 0.25) is 0 Å². The molecule has 3 aromatic rings. The maximum absolute atomic E-state index is 13.1. The van der Waals surface area contributed by atoms with Crippen LogP contribution >= 0.6 is 0 Å². The van der Waals surface area contributed by atoms with Crippen molar-refractivity contribution in [2.24, 2.45) is 18.9 Å². The Bertz CT molecular complexity index is 1270. The average molecular weight is 507 g/mol. The molecular formula is C29H38N4O4. The van der Waals surface area contributed by atoms with E-state index in [4.69, 9.17) is 4.42 Å². The van der Waals surface area contributed by atoms with Gasteiger partial charge < -0.3 is 20.2 Å². The number of aryl methyl sites for hydroxylation is 1. The molecule has 1 aromatic heterocycles. The molecule has 8 heteroatoms. The van der Waals surface area contributed by atoms with E-state index in [0.717, 1.165) is 35.2 Å². The zero-order valence-electron chi connectivity index (χ0n) is 22.2. The van der Waals surface area contributed by atoms with Gasteiger partial charge in [-0.2, -0.15) is 5.26 Å². The van der Waals surface area contributed by atoms with Crippen LogP contribution in [0.1, 0.15) is 45.1 Å². The number of carbonyl (C=O) groups is 1. The second-order valence-corrected chi connectivity index (χ2v) is 9.82. The average Bonchev–Trinajstić information content (AvgIpc) is 3.19. The molecule has 0 aliphatic rings. The third-order valence-electron chi connectivity index (χ3n) is 7.20. The number of oxazole rings is 1. The number of rotatable bonds is 13. The predicted molar refractivity (Wildman–Crippen MR) is 145 cm³/mol. The van der Waals surface area contributed by atoms with Gasteiger partial charge in [0.15, 0.2) is 5.58 Å². The zero-order valence-corrected chi connectivity index (χ0v) is 22.2. The second kappa shape index (κ2) is 13.2. The molecule has 37 heavy (non-hydrogen) atoms. The monoisotopic (exact) mass is 506 g/mol. The maximum atomic E-state index is 13.1. The summed E-state index contributed by atoms with van der Waals surface area (Å²) in [5, 5.41) is 25.9. The Labute approximate surface area is 218 Å². The largest absolute Gasteiger partial charge is 0.419 e. The van der Waals surface area contributed by atoms with Crippen molar-refractivity contribution in [3.8, 4) is 17.2 Å². The number of aromatic nitrogens is 1. The van der Waals surface area contributed by atoms with Crippen LogP contribution in [0, 0.1) is 23.2 Å². The van der Waals surface area contributed by atoms with Gasteiger partial charge in [0.25, 0.3) is 0 Å². The molecule has 198 valence electrons. The minimum atomic E-state index is -0.643. The molecule has 4 atom stereocenters. The van der Waals surface area contributed by atoms with E-state index in [1.54, 1.807) is 13.1 Å². The van der Waals surface area contributed by atoms with Crippen LogP contribution in [0.15, 0.2) is 51.7 Å². The fourth-order valence-electron chi connectivity index (χ4n) is 4.57. The second-order valence-electron chi connectivity index (χ2n) is 9.82. The van der Waals surface area contributed by atoms with E-state index in [9.17, 15) is 20.0 Å². The first-order valence-electron chi connectivity index (χ1n) is 13.0. The van der Waals surface area contributed by atoms with Crippen LogP contribution in [0.5, 0.6) is 0 Å². The highest BCUT2D eigenvalue weighted by Crippen LogP contribution is 2.25. The number of nitrogens with one attached hydrogen (secondary N) is 2. The molecule has 1 heterocycles. The van der Waals surface area contributed by atoms with Crippen molar-refractivity contribution in [1.82, 2.24) is 15.2 Å². The van der Waals surface area contributed by atoms with Crippen molar-refractivity contribution in [2.75, 3.05) is 13.6 Å². The molecule has 1 amide bonds. The molecule has 0 spiro atoms. The van der Waals surface area contributed by atoms with Crippen molar-refractivity contribution >= 4 is 17.0 Å².